The van der Waals surface area contributed by atoms with Crippen LogP contribution in [0.2, 0.25) is 0 Å². The minimum Gasteiger partial charge on any atom is -0.396 e. The first-order chi connectivity index (χ1) is 8.26. The Labute approximate surface area is 98.8 Å². The number of aromatic nitrogens is 2. The van der Waals surface area contributed by atoms with E-state index in [4.69, 9.17) is 15.1 Å². The number of carbonyl (C=O) groups is 1. The number of hydrogen-bond donors (Lipinski definition) is 4. The quantitative estimate of drug-likeness (QED) is 0.283. The molecule has 0 radical (unpaired) electrons. The molecule has 0 aliphatic rings. The van der Waals surface area contributed by atoms with Crippen molar-refractivity contribution in [3.63, 3.8) is 0 Å². The first-order valence-corrected chi connectivity index (χ1v) is 5.40. The molecular formula is C10H17N3O4. The summed E-state index contributed by atoms with van der Waals surface area (Å²) in [5, 5.41) is 23.7. The van der Waals surface area contributed by atoms with Crippen LogP contribution in [0.25, 0.3) is 0 Å². The monoisotopic (exact) mass is 243 g/mol. The summed E-state index contributed by atoms with van der Waals surface area (Å²) in [4.78, 5) is 11.1. The molecule has 1 amide bonds. The number of carbonyl (C=O) groups excluding carboxylic acids is 1. The van der Waals surface area contributed by atoms with Crippen LogP contribution in [-0.2, 0) is 16.0 Å². The van der Waals surface area contributed by atoms with Crippen LogP contribution in [0.1, 0.15) is 18.5 Å². The molecular weight excluding hydrogens is 226 g/mol. The zero-order chi connectivity index (χ0) is 12.5. The molecule has 0 bridgehead atoms. The van der Waals surface area contributed by atoms with Gasteiger partial charge in [-0.15, -0.1) is 0 Å². The molecule has 0 aromatic carbocycles. The largest absolute Gasteiger partial charge is 0.396 e. The predicted molar refractivity (Wildman–Crippen MR) is 58.3 cm³/mol. The van der Waals surface area contributed by atoms with Gasteiger partial charge in [-0.3, -0.25) is 15.1 Å². The molecule has 17 heavy (non-hydrogen) atoms. The summed E-state index contributed by atoms with van der Waals surface area (Å²) in [6.45, 7) is 0.414. The molecule has 0 spiro atoms. The van der Waals surface area contributed by atoms with Gasteiger partial charge in [0, 0.05) is 31.5 Å². The SMILES string of the molecule is O=C(CC(Cc1ccn[nH]1)OCCCO)NO. The fourth-order valence-corrected chi connectivity index (χ4v) is 1.40. The van der Waals surface area contributed by atoms with Gasteiger partial charge in [0.1, 0.15) is 0 Å². The van der Waals surface area contributed by atoms with Crippen molar-refractivity contribution in [1.29, 1.82) is 0 Å². The van der Waals surface area contributed by atoms with Crippen LogP contribution in [0, 0.1) is 0 Å². The van der Waals surface area contributed by atoms with Gasteiger partial charge >= 0.3 is 0 Å². The molecule has 96 valence electrons. The number of aromatic amines is 1. The van der Waals surface area contributed by atoms with Crippen LogP contribution in [-0.4, -0.2) is 45.7 Å². The Bertz CT molecular complexity index is 315. The molecule has 1 aromatic heterocycles. The fourth-order valence-electron chi connectivity index (χ4n) is 1.40. The lowest BCUT2D eigenvalue weighted by Crippen LogP contribution is -2.28. The fraction of sp³-hybridized carbons (Fsp3) is 0.600. The van der Waals surface area contributed by atoms with Crippen LogP contribution >= 0.6 is 0 Å². The molecule has 1 heterocycles. The van der Waals surface area contributed by atoms with Gasteiger partial charge in [-0.05, 0) is 12.5 Å². The molecule has 0 saturated heterocycles. The molecule has 1 unspecified atom stereocenters. The minimum atomic E-state index is -0.501. The van der Waals surface area contributed by atoms with Crippen LogP contribution < -0.4 is 5.48 Å². The normalized spacial score (nSPS) is 12.4. The smallest absolute Gasteiger partial charge is 0.245 e. The van der Waals surface area contributed by atoms with E-state index in [1.807, 2.05) is 0 Å². The number of hydrogen-bond acceptors (Lipinski definition) is 5. The van der Waals surface area contributed by atoms with Gasteiger partial charge in [-0.25, -0.2) is 5.48 Å². The average Bonchev–Trinajstić information content (AvgIpc) is 2.82. The highest BCUT2D eigenvalue weighted by Crippen LogP contribution is 2.07. The van der Waals surface area contributed by atoms with Crippen LogP contribution in [0.3, 0.4) is 0 Å². The van der Waals surface area contributed by atoms with Crippen molar-refractivity contribution >= 4 is 5.91 Å². The summed E-state index contributed by atoms with van der Waals surface area (Å²) < 4.78 is 5.45. The van der Waals surface area contributed by atoms with Crippen LogP contribution in [0.4, 0.5) is 0 Å². The number of nitrogens with one attached hydrogen (secondary N) is 2. The number of rotatable bonds is 8. The molecule has 0 aliphatic heterocycles. The second-order valence-corrected chi connectivity index (χ2v) is 3.60. The van der Waals surface area contributed by atoms with Gasteiger partial charge in [-0.2, -0.15) is 5.10 Å². The number of aliphatic hydroxyl groups is 1. The number of H-pyrrole nitrogens is 1. The molecule has 0 aliphatic carbocycles. The Morgan fingerprint density at radius 1 is 1.65 bits per heavy atom. The van der Waals surface area contributed by atoms with Gasteiger partial charge in [-0.1, -0.05) is 0 Å². The Morgan fingerprint density at radius 2 is 2.47 bits per heavy atom. The third kappa shape index (κ3) is 5.43. The standard InChI is InChI=1S/C10H17N3O4/c14-4-1-5-17-9(7-10(15)13-16)6-8-2-3-11-12-8/h2-3,9,14,16H,1,4-7H2,(H,11,12)(H,13,15). The first kappa shape index (κ1) is 13.6. The van der Waals surface area contributed by atoms with Crippen molar-refractivity contribution in [3.8, 4) is 0 Å². The van der Waals surface area contributed by atoms with Gasteiger partial charge in [0.2, 0.25) is 5.91 Å². The molecule has 1 aromatic rings. The van der Waals surface area contributed by atoms with Crippen molar-refractivity contribution in [2.24, 2.45) is 0 Å². The van der Waals surface area contributed by atoms with Crippen molar-refractivity contribution in [1.82, 2.24) is 15.7 Å². The number of amides is 1. The van der Waals surface area contributed by atoms with Gasteiger partial charge in [0.15, 0.2) is 0 Å². The predicted octanol–water partition coefficient (Wildman–Crippen LogP) is -0.385. The Hall–Kier alpha value is -1.44. The second-order valence-electron chi connectivity index (χ2n) is 3.60. The molecule has 0 saturated carbocycles. The van der Waals surface area contributed by atoms with E-state index in [2.05, 4.69) is 10.2 Å². The van der Waals surface area contributed by atoms with Gasteiger partial charge in [0.05, 0.1) is 12.5 Å². The Kier molecular flexibility index (Phi) is 6.23. The van der Waals surface area contributed by atoms with E-state index in [0.717, 1.165) is 5.69 Å². The van der Waals surface area contributed by atoms with Crippen LogP contribution in [0.15, 0.2) is 12.3 Å². The lowest BCUT2D eigenvalue weighted by molar-refractivity contribution is -0.132. The maximum atomic E-state index is 11.1. The third-order valence-corrected chi connectivity index (χ3v) is 2.20. The lowest BCUT2D eigenvalue weighted by atomic mass is 10.1. The molecule has 0 fully saturated rings. The lowest BCUT2D eigenvalue weighted by Gasteiger charge is -2.15. The topological polar surface area (TPSA) is 107 Å². The summed E-state index contributed by atoms with van der Waals surface area (Å²) in [5.41, 5.74) is 2.42. The van der Waals surface area contributed by atoms with E-state index in [-0.39, 0.29) is 19.1 Å². The maximum absolute atomic E-state index is 11.1. The Morgan fingerprint density at radius 3 is 3.06 bits per heavy atom. The zero-order valence-electron chi connectivity index (χ0n) is 9.43. The highest BCUT2D eigenvalue weighted by Gasteiger charge is 2.15. The summed E-state index contributed by atoms with van der Waals surface area (Å²) >= 11 is 0. The molecule has 4 N–H and O–H groups in total. The van der Waals surface area contributed by atoms with Gasteiger partial charge in [0.25, 0.3) is 0 Å². The van der Waals surface area contributed by atoms with E-state index < -0.39 is 5.91 Å². The summed E-state index contributed by atoms with van der Waals surface area (Å²) in [5.74, 6) is -0.501. The second kappa shape index (κ2) is 7.77. The average molecular weight is 243 g/mol. The molecule has 1 rings (SSSR count). The summed E-state index contributed by atoms with van der Waals surface area (Å²) in [6.07, 6.45) is 2.33. The van der Waals surface area contributed by atoms with E-state index in [1.165, 1.54) is 0 Å². The minimum absolute atomic E-state index is 0.0446. The van der Waals surface area contributed by atoms with E-state index in [0.29, 0.717) is 19.4 Å². The van der Waals surface area contributed by atoms with Crippen molar-refractivity contribution in [2.45, 2.75) is 25.4 Å². The van der Waals surface area contributed by atoms with Crippen LogP contribution in [0.5, 0.6) is 0 Å². The van der Waals surface area contributed by atoms with Crippen molar-refractivity contribution in [2.75, 3.05) is 13.2 Å². The van der Waals surface area contributed by atoms with Crippen molar-refractivity contribution < 1.29 is 19.8 Å². The zero-order valence-corrected chi connectivity index (χ0v) is 9.43. The molecule has 7 nitrogen and oxygen atoms in total. The Balaban J connectivity index is 2.43. The third-order valence-electron chi connectivity index (χ3n) is 2.20. The number of ether oxygens (including phenoxy) is 1. The number of hydroxylamine groups is 1. The molecule has 7 heteroatoms. The maximum Gasteiger partial charge on any atom is 0.245 e. The summed E-state index contributed by atoms with van der Waals surface area (Å²) in [6, 6.07) is 1.79. The molecule has 1 atom stereocenters. The highest BCUT2D eigenvalue weighted by molar-refractivity contribution is 5.75. The van der Waals surface area contributed by atoms with Gasteiger partial charge < -0.3 is 9.84 Å². The number of nitrogens with zero attached hydrogens (tertiary/aromatic N) is 1. The van der Waals surface area contributed by atoms with Crippen molar-refractivity contribution in [3.05, 3.63) is 18.0 Å². The van der Waals surface area contributed by atoms with E-state index in [1.54, 1.807) is 17.7 Å². The first-order valence-electron chi connectivity index (χ1n) is 5.40. The summed E-state index contributed by atoms with van der Waals surface area (Å²) in [7, 11) is 0. The highest BCUT2D eigenvalue weighted by atomic mass is 16.5. The van der Waals surface area contributed by atoms with E-state index >= 15 is 0 Å². The number of aliphatic hydroxyl groups excluding tert-OH is 1. The van der Waals surface area contributed by atoms with E-state index in [9.17, 15) is 4.79 Å².